The van der Waals surface area contributed by atoms with E-state index < -0.39 is 0 Å². The van der Waals surface area contributed by atoms with Gasteiger partial charge in [-0.3, -0.25) is 9.59 Å². The minimum atomic E-state index is -0.354. The summed E-state index contributed by atoms with van der Waals surface area (Å²) < 4.78 is 5.57. The maximum atomic E-state index is 12.5. The zero-order chi connectivity index (χ0) is 15.9. The molecule has 0 aliphatic carbocycles. The highest BCUT2D eigenvalue weighted by molar-refractivity contribution is 5.93. The number of aliphatic hydroxyl groups excluding tert-OH is 1. The first kappa shape index (κ1) is 16.2. The van der Waals surface area contributed by atoms with Crippen molar-refractivity contribution < 1.29 is 14.3 Å². The second-order valence-electron chi connectivity index (χ2n) is 5.19. The summed E-state index contributed by atoms with van der Waals surface area (Å²) in [6.07, 6.45) is 2.92. The van der Waals surface area contributed by atoms with Crippen molar-refractivity contribution in [1.29, 1.82) is 0 Å². The maximum Gasteiger partial charge on any atom is 0.289 e. The SMILES string of the molecule is CCCCCN(CCO)C(=O)c1cc(=O)c2ccccc2o1. The lowest BCUT2D eigenvalue weighted by Crippen LogP contribution is -2.34. The van der Waals surface area contributed by atoms with Crippen LogP contribution >= 0.6 is 0 Å². The molecule has 0 saturated carbocycles. The number of hydrogen-bond acceptors (Lipinski definition) is 4. The second-order valence-corrected chi connectivity index (χ2v) is 5.19. The Morgan fingerprint density at radius 1 is 1.23 bits per heavy atom. The Bertz CT molecular complexity index is 692. The van der Waals surface area contributed by atoms with Crippen molar-refractivity contribution in [2.24, 2.45) is 0 Å². The molecule has 118 valence electrons. The van der Waals surface area contributed by atoms with Crippen LogP contribution in [0.4, 0.5) is 0 Å². The van der Waals surface area contributed by atoms with Gasteiger partial charge in [-0.15, -0.1) is 0 Å². The maximum absolute atomic E-state index is 12.5. The lowest BCUT2D eigenvalue weighted by atomic mass is 10.2. The topological polar surface area (TPSA) is 70.8 Å². The van der Waals surface area contributed by atoms with E-state index in [2.05, 4.69) is 6.92 Å². The highest BCUT2D eigenvalue weighted by atomic mass is 16.3. The van der Waals surface area contributed by atoms with Gasteiger partial charge in [-0.2, -0.15) is 0 Å². The Balaban J connectivity index is 2.27. The molecule has 22 heavy (non-hydrogen) atoms. The fraction of sp³-hybridized carbons (Fsp3) is 0.412. The molecule has 0 saturated heterocycles. The van der Waals surface area contributed by atoms with Crippen LogP contribution in [-0.4, -0.2) is 35.6 Å². The van der Waals surface area contributed by atoms with Crippen molar-refractivity contribution in [3.8, 4) is 0 Å². The number of nitrogens with zero attached hydrogens (tertiary/aromatic N) is 1. The number of benzene rings is 1. The molecule has 2 aromatic rings. The number of rotatable bonds is 7. The van der Waals surface area contributed by atoms with E-state index in [-0.39, 0.29) is 30.2 Å². The normalized spacial score (nSPS) is 10.8. The number of fused-ring (bicyclic) bond motifs is 1. The van der Waals surface area contributed by atoms with Gasteiger partial charge in [0.25, 0.3) is 5.91 Å². The van der Waals surface area contributed by atoms with Crippen molar-refractivity contribution in [2.75, 3.05) is 19.7 Å². The Morgan fingerprint density at radius 2 is 2.00 bits per heavy atom. The molecule has 0 radical (unpaired) electrons. The Hall–Kier alpha value is -2.14. The van der Waals surface area contributed by atoms with Gasteiger partial charge >= 0.3 is 0 Å². The van der Waals surface area contributed by atoms with Crippen LogP contribution in [0.5, 0.6) is 0 Å². The quantitative estimate of drug-likeness (QED) is 0.797. The number of aliphatic hydroxyl groups is 1. The summed E-state index contributed by atoms with van der Waals surface area (Å²) in [5.74, 6) is -0.332. The average Bonchev–Trinajstić information content (AvgIpc) is 2.53. The molecule has 0 unspecified atom stereocenters. The lowest BCUT2D eigenvalue weighted by Gasteiger charge is -2.21. The summed E-state index contributed by atoms with van der Waals surface area (Å²) in [5.41, 5.74) is 0.165. The fourth-order valence-electron chi connectivity index (χ4n) is 2.35. The van der Waals surface area contributed by atoms with E-state index >= 15 is 0 Å². The Kier molecular flexibility index (Phi) is 5.72. The van der Waals surface area contributed by atoms with E-state index in [1.54, 1.807) is 24.3 Å². The van der Waals surface area contributed by atoms with Crippen LogP contribution in [0.2, 0.25) is 0 Å². The van der Waals surface area contributed by atoms with E-state index in [1.807, 2.05) is 0 Å². The standard InChI is InChI=1S/C17H21NO4/c1-2-3-6-9-18(10-11-19)17(21)16-12-14(20)13-7-4-5-8-15(13)22-16/h4-5,7-8,12,19H,2-3,6,9-11H2,1H3. The molecule has 0 aliphatic heterocycles. The largest absolute Gasteiger partial charge is 0.451 e. The third-order valence-corrected chi connectivity index (χ3v) is 3.53. The number of carbonyl (C=O) groups excluding carboxylic acids is 1. The molecule has 1 amide bonds. The number of hydrogen-bond donors (Lipinski definition) is 1. The third-order valence-electron chi connectivity index (χ3n) is 3.53. The molecular weight excluding hydrogens is 282 g/mol. The van der Waals surface area contributed by atoms with Crippen molar-refractivity contribution >= 4 is 16.9 Å². The number of para-hydroxylation sites is 1. The molecule has 5 nitrogen and oxygen atoms in total. The van der Waals surface area contributed by atoms with E-state index in [0.717, 1.165) is 19.3 Å². The fourth-order valence-corrected chi connectivity index (χ4v) is 2.35. The smallest absolute Gasteiger partial charge is 0.289 e. The van der Waals surface area contributed by atoms with Gasteiger partial charge < -0.3 is 14.4 Å². The van der Waals surface area contributed by atoms with Gasteiger partial charge in [-0.1, -0.05) is 31.9 Å². The highest BCUT2D eigenvalue weighted by Crippen LogP contribution is 2.13. The van der Waals surface area contributed by atoms with Crippen molar-refractivity contribution in [1.82, 2.24) is 4.90 Å². The molecule has 5 heteroatoms. The van der Waals surface area contributed by atoms with E-state index in [4.69, 9.17) is 9.52 Å². The Morgan fingerprint density at radius 3 is 2.73 bits per heavy atom. The molecule has 0 spiro atoms. The zero-order valence-electron chi connectivity index (χ0n) is 12.7. The first-order valence-electron chi connectivity index (χ1n) is 7.60. The first-order valence-corrected chi connectivity index (χ1v) is 7.60. The third kappa shape index (κ3) is 3.74. The van der Waals surface area contributed by atoms with Gasteiger partial charge in [0.05, 0.1) is 12.0 Å². The van der Waals surface area contributed by atoms with Gasteiger partial charge in [-0.25, -0.2) is 0 Å². The molecule has 1 N–H and O–H groups in total. The number of carbonyl (C=O) groups is 1. The molecule has 0 aliphatic rings. The second kappa shape index (κ2) is 7.75. The molecule has 1 aromatic carbocycles. The van der Waals surface area contributed by atoms with Crippen molar-refractivity contribution in [3.63, 3.8) is 0 Å². The van der Waals surface area contributed by atoms with Crippen molar-refractivity contribution in [3.05, 3.63) is 46.3 Å². The van der Waals surface area contributed by atoms with Gasteiger partial charge in [0.1, 0.15) is 5.58 Å². The van der Waals surface area contributed by atoms with E-state index in [1.165, 1.54) is 11.0 Å². The van der Waals surface area contributed by atoms with Crippen LogP contribution < -0.4 is 5.43 Å². The van der Waals surface area contributed by atoms with E-state index in [0.29, 0.717) is 17.5 Å². The predicted octanol–water partition coefficient (Wildman–Crippen LogP) is 2.42. The number of amides is 1. The lowest BCUT2D eigenvalue weighted by molar-refractivity contribution is 0.0687. The zero-order valence-corrected chi connectivity index (χ0v) is 12.7. The summed E-state index contributed by atoms with van der Waals surface area (Å²) in [5, 5.41) is 9.59. The number of unbranched alkanes of at least 4 members (excludes halogenated alkanes) is 2. The minimum absolute atomic E-state index is 0.0219. The van der Waals surface area contributed by atoms with Gasteiger partial charge in [-0.05, 0) is 18.6 Å². The molecular formula is C17H21NO4. The van der Waals surface area contributed by atoms with Crippen molar-refractivity contribution in [2.45, 2.75) is 26.2 Å². The van der Waals surface area contributed by atoms with Crippen LogP contribution in [0.15, 0.2) is 39.5 Å². The minimum Gasteiger partial charge on any atom is -0.451 e. The Labute approximate surface area is 129 Å². The summed E-state index contributed by atoms with van der Waals surface area (Å²) in [7, 11) is 0. The van der Waals surface area contributed by atoms with Crippen LogP contribution in [-0.2, 0) is 0 Å². The average molecular weight is 303 g/mol. The van der Waals surface area contributed by atoms with Crippen LogP contribution in [0, 0.1) is 0 Å². The monoisotopic (exact) mass is 303 g/mol. The predicted molar refractivity (Wildman–Crippen MR) is 85.0 cm³/mol. The molecule has 0 atom stereocenters. The van der Waals surface area contributed by atoms with Crippen LogP contribution in [0.1, 0.15) is 36.7 Å². The van der Waals surface area contributed by atoms with Gasteiger partial charge in [0.2, 0.25) is 0 Å². The summed E-state index contributed by atoms with van der Waals surface area (Å²) in [6, 6.07) is 8.08. The van der Waals surface area contributed by atoms with Gasteiger partial charge in [0, 0.05) is 19.2 Å². The van der Waals surface area contributed by atoms with Gasteiger partial charge in [0.15, 0.2) is 11.2 Å². The summed E-state index contributed by atoms with van der Waals surface area (Å²) in [6.45, 7) is 2.75. The summed E-state index contributed by atoms with van der Waals surface area (Å²) >= 11 is 0. The molecule has 0 bridgehead atoms. The first-order chi connectivity index (χ1) is 10.7. The van der Waals surface area contributed by atoms with Crippen LogP contribution in [0.25, 0.3) is 11.0 Å². The van der Waals surface area contributed by atoms with E-state index in [9.17, 15) is 9.59 Å². The van der Waals surface area contributed by atoms with Crippen LogP contribution in [0.3, 0.4) is 0 Å². The molecule has 2 rings (SSSR count). The molecule has 1 heterocycles. The molecule has 0 fully saturated rings. The molecule has 1 aromatic heterocycles. The highest BCUT2D eigenvalue weighted by Gasteiger charge is 2.19. The summed E-state index contributed by atoms with van der Waals surface area (Å²) in [4.78, 5) is 26.1.